The minimum absolute atomic E-state index is 0.0250. The summed E-state index contributed by atoms with van der Waals surface area (Å²) in [4.78, 5) is 16.0. The summed E-state index contributed by atoms with van der Waals surface area (Å²) < 4.78 is 18.8. The number of hydrogen-bond donors (Lipinski definition) is 2. The first kappa shape index (κ1) is 13.8. The molecule has 0 spiro atoms. The number of aryl methyl sites for hydroxylation is 1. The Hall–Kier alpha value is -2.63. The van der Waals surface area contributed by atoms with Gasteiger partial charge in [0, 0.05) is 6.20 Å². The van der Waals surface area contributed by atoms with Crippen LogP contribution in [-0.4, -0.2) is 18.0 Å². The number of ether oxygens (including phenoxy) is 1. The van der Waals surface area contributed by atoms with Gasteiger partial charge in [0.2, 0.25) is 0 Å². The predicted molar refractivity (Wildman–Crippen MR) is 74.3 cm³/mol. The molecule has 0 aliphatic rings. The van der Waals surface area contributed by atoms with Crippen LogP contribution in [0.2, 0.25) is 0 Å². The van der Waals surface area contributed by atoms with Gasteiger partial charge in [0.25, 0.3) is 5.91 Å². The third kappa shape index (κ3) is 2.54. The van der Waals surface area contributed by atoms with Crippen LogP contribution >= 0.6 is 0 Å². The Kier molecular flexibility index (Phi) is 3.84. The number of nitrogens with one attached hydrogen (secondary N) is 1. The van der Waals surface area contributed by atoms with E-state index in [2.05, 4.69) is 10.3 Å². The topological polar surface area (TPSA) is 77.2 Å². The number of carbonyl (C=O) groups is 1. The van der Waals surface area contributed by atoms with E-state index < -0.39 is 11.7 Å². The zero-order valence-electron chi connectivity index (χ0n) is 11.1. The second-order valence-corrected chi connectivity index (χ2v) is 4.16. The average Bonchev–Trinajstić information content (AvgIpc) is 2.41. The lowest BCUT2D eigenvalue weighted by molar-refractivity contribution is 0.102. The lowest BCUT2D eigenvalue weighted by atomic mass is 10.1. The van der Waals surface area contributed by atoms with Crippen LogP contribution in [0.4, 0.5) is 15.9 Å². The number of nitrogen functional groups attached to an aromatic ring is 1. The van der Waals surface area contributed by atoms with E-state index in [9.17, 15) is 9.18 Å². The van der Waals surface area contributed by atoms with Crippen LogP contribution in [0.3, 0.4) is 0 Å². The number of nitrogens with two attached hydrogens (primary N) is 1. The molecule has 5 nitrogen and oxygen atoms in total. The number of halogens is 1. The summed E-state index contributed by atoms with van der Waals surface area (Å²) >= 11 is 0. The van der Waals surface area contributed by atoms with E-state index in [0.29, 0.717) is 5.56 Å². The highest BCUT2D eigenvalue weighted by atomic mass is 19.1. The molecule has 0 saturated carbocycles. The van der Waals surface area contributed by atoms with Crippen molar-refractivity contribution in [3.63, 3.8) is 0 Å². The van der Waals surface area contributed by atoms with Crippen LogP contribution in [0.5, 0.6) is 5.75 Å². The van der Waals surface area contributed by atoms with Gasteiger partial charge in [0.05, 0.1) is 18.4 Å². The molecule has 0 aliphatic carbocycles. The van der Waals surface area contributed by atoms with Gasteiger partial charge >= 0.3 is 0 Å². The highest BCUT2D eigenvalue weighted by Gasteiger charge is 2.16. The molecular weight excluding hydrogens is 261 g/mol. The fourth-order valence-electron chi connectivity index (χ4n) is 1.82. The van der Waals surface area contributed by atoms with Crippen LogP contribution in [0, 0.1) is 12.7 Å². The molecule has 1 aromatic carbocycles. The van der Waals surface area contributed by atoms with E-state index in [1.807, 2.05) is 0 Å². The van der Waals surface area contributed by atoms with E-state index in [1.165, 1.54) is 25.4 Å². The quantitative estimate of drug-likeness (QED) is 0.901. The van der Waals surface area contributed by atoms with Gasteiger partial charge in [-0.15, -0.1) is 0 Å². The largest absolute Gasteiger partial charge is 0.494 e. The molecule has 0 aliphatic heterocycles. The van der Waals surface area contributed by atoms with Crippen molar-refractivity contribution in [1.82, 2.24) is 4.98 Å². The monoisotopic (exact) mass is 275 g/mol. The van der Waals surface area contributed by atoms with Gasteiger partial charge in [-0.3, -0.25) is 4.79 Å². The number of methoxy groups -OCH3 is 1. The Morgan fingerprint density at radius 1 is 1.40 bits per heavy atom. The normalized spacial score (nSPS) is 10.2. The highest BCUT2D eigenvalue weighted by Crippen LogP contribution is 2.25. The van der Waals surface area contributed by atoms with Crippen molar-refractivity contribution in [3.05, 3.63) is 47.4 Å². The Morgan fingerprint density at radius 2 is 2.15 bits per heavy atom. The summed E-state index contributed by atoms with van der Waals surface area (Å²) in [5.74, 6) is -0.992. The highest BCUT2D eigenvalue weighted by molar-refractivity contribution is 6.08. The molecule has 20 heavy (non-hydrogen) atoms. The molecule has 1 heterocycles. The molecule has 1 amide bonds. The molecule has 0 unspecified atom stereocenters. The molecule has 0 radical (unpaired) electrons. The fourth-order valence-corrected chi connectivity index (χ4v) is 1.82. The van der Waals surface area contributed by atoms with Gasteiger partial charge in [0.1, 0.15) is 5.82 Å². The predicted octanol–water partition coefficient (Wildman–Crippen LogP) is 2.37. The molecule has 0 fully saturated rings. The van der Waals surface area contributed by atoms with E-state index in [-0.39, 0.29) is 22.8 Å². The van der Waals surface area contributed by atoms with Crippen molar-refractivity contribution in [2.45, 2.75) is 6.92 Å². The lowest BCUT2D eigenvalue weighted by Gasteiger charge is -2.11. The number of rotatable bonds is 3. The van der Waals surface area contributed by atoms with Gasteiger partial charge in [-0.05, 0) is 30.7 Å². The molecule has 0 atom stereocenters. The third-order valence-electron chi connectivity index (χ3n) is 2.85. The fraction of sp³-hybridized carbons (Fsp3) is 0.143. The Labute approximate surface area is 115 Å². The number of carbonyl (C=O) groups excluding carboxylic acids is 1. The molecule has 2 rings (SSSR count). The SMILES string of the molecule is COc1cccc(NC(=O)c2c(C)ccnc2N)c1F. The van der Waals surface area contributed by atoms with E-state index in [0.717, 1.165) is 0 Å². The van der Waals surface area contributed by atoms with Gasteiger partial charge in [-0.1, -0.05) is 6.07 Å². The van der Waals surface area contributed by atoms with E-state index in [1.54, 1.807) is 19.1 Å². The summed E-state index contributed by atoms with van der Waals surface area (Å²) in [6.45, 7) is 1.73. The summed E-state index contributed by atoms with van der Waals surface area (Å²) in [5, 5.41) is 2.47. The van der Waals surface area contributed by atoms with Crippen molar-refractivity contribution in [3.8, 4) is 5.75 Å². The molecule has 6 heteroatoms. The first-order chi connectivity index (χ1) is 9.54. The molecule has 0 saturated heterocycles. The Balaban J connectivity index is 2.33. The first-order valence-corrected chi connectivity index (χ1v) is 5.89. The smallest absolute Gasteiger partial charge is 0.259 e. The van der Waals surface area contributed by atoms with Crippen molar-refractivity contribution in [2.24, 2.45) is 0 Å². The number of aromatic nitrogens is 1. The van der Waals surface area contributed by atoms with Gasteiger partial charge in [0.15, 0.2) is 11.6 Å². The maximum atomic E-state index is 14.0. The minimum atomic E-state index is -0.636. The van der Waals surface area contributed by atoms with Gasteiger partial charge in [-0.25, -0.2) is 9.37 Å². The molecule has 1 aromatic heterocycles. The zero-order valence-corrected chi connectivity index (χ0v) is 11.1. The van der Waals surface area contributed by atoms with Crippen LogP contribution in [-0.2, 0) is 0 Å². The number of benzene rings is 1. The third-order valence-corrected chi connectivity index (χ3v) is 2.85. The van der Waals surface area contributed by atoms with Crippen LogP contribution in [0.1, 0.15) is 15.9 Å². The summed E-state index contributed by atoms with van der Waals surface area (Å²) in [5.41, 5.74) is 6.60. The molecular formula is C14H14FN3O2. The van der Waals surface area contributed by atoms with Crippen molar-refractivity contribution >= 4 is 17.4 Å². The molecule has 104 valence electrons. The zero-order chi connectivity index (χ0) is 14.7. The molecule has 3 N–H and O–H groups in total. The standard InChI is InChI=1S/C14H14FN3O2/c1-8-6-7-17-13(16)11(8)14(19)18-9-4-3-5-10(20-2)12(9)15/h3-7H,1-2H3,(H2,16,17)(H,18,19). The summed E-state index contributed by atoms with van der Waals surface area (Å²) in [6, 6.07) is 6.15. The lowest BCUT2D eigenvalue weighted by Crippen LogP contribution is -2.17. The van der Waals surface area contributed by atoms with E-state index >= 15 is 0 Å². The Bertz CT molecular complexity index is 639. The minimum Gasteiger partial charge on any atom is -0.494 e. The van der Waals surface area contributed by atoms with E-state index in [4.69, 9.17) is 10.5 Å². The van der Waals surface area contributed by atoms with Crippen LogP contribution in [0.15, 0.2) is 30.5 Å². The second-order valence-electron chi connectivity index (χ2n) is 4.16. The average molecular weight is 275 g/mol. The Morgan fingerprint density at radius 3 is 2.80 bits per heavy atom. The van der Waals surface area contributed by atoms with Gasteiger partial charge in [-0.2, -0.15) is 0 Å². The molecule has 2 aromatic rings. The summed E-state index contributed by atoms with van der Waals surface area (Å²) in [7, 11) is 1.35. The van der Waals surface area contributed by atoms with Crippen molar-refractivity contribution in [1.29, 1.82) is 0 Å². The maximum absolute atomic E-state index is 14.0. The van der Waals surface area contributed by atoms with Crippen molar-refractivity contribution < 1.29 is 13.9 Å². The summed E-state index contributed by atoms with van der Waals surface area (Å²) in [6.07, 6.45) is 1.51. The number of nitrogens with zero attached hydrogens (tertiary/aromatic N) is 1. The van der Waals surface area contributed by atoms with Crippen LogP contribution < -0.4 is 15.8 Å². The number of pyridine rings is 1. The van der Waals surface area contributed by atoms with Gasteiger partial charge < -0.3 is 15.8 Å². The number of amides is 1. The second kappa shape index (κ2) is 5.56. The number of anilines is 2. The van der Waals surface area contributed by atoms with Crippen LogP contribution in [0.25, 0.3) is 0 Å². The molecule has 0 bridgehead atoms. The number of hydrogen-bond acceptors (Lipinski definition) is 4. The van der Waals surface area contributed by atoms with Crippen molar-refractivity contribution in [2.75, 3.05) is 18.2 Å². The maximum Gasteiger partial charge on any atom is 0.259 e. The first-order valence-electron chi connectivity index (χ1n) is 5.89.